The van der Waals surface area contributed by atoms with E-state index < -0.39 is 0 Å². The highest BCUT2D eigenvalue weighted by Gasteiger charge is 2.08. The molecular weight excluding hydrogens is 294 g/mol. The van der Waals surface area contributed by atoms with E-state index in [0.717, 1.165) is 11.1 Å². The van der Waals surface area contributed by atoms with Gasteiger partial charge in [0, 0.05) is 23.9 Å². The second-order valence-electron chi connectivity index (χ2n) is 5.21. The van der Waals surface area contributed by atoms with Gasteiger partial charge in [-0.1, -0.05) is 17.7 Å². The molecule has 0 saturated heterocycles. The number of hydrogen-bond donors (Lipinski definition) is 1. The summed E-state index contributed by atoms with van der Waals surface area (Å²) in [7, 11) is 3.12. The van der Waals surface area contributed by atoms with Crippen LogP contribution in [0.3, 0.4) is 0 Å². The van der Waals surface area contributed by atoms with Crippen molar-refractivity contribution >= 4 is 11.6 Å². The molecule has 23 heavy (non-hydrogen) atoms. The fraction of sp³-hybridized carbons (Fsp3) is 0.278. The van der Waals surface area contributed by atoms with E-state index in [2.05, 4.69) is 5.32 Å². The van der Waals surface area contributed by atoms with Gasteiger partial charge in [0.1, 0.15) is 17.2 Å². The van der Waals surface area contributed by atoms with Crippen molar-refractivity contribution in [1.29, 1.82) is 0 Å². The number of benzene rings is 2. The van der Waals surface area contributed by atoms with Gasteiger partial charge in [-0.2, -0.15) is 0 Å². The van der Waals surface area contributed by atoms with Gasteiger partial charge in [0.2, 0.25) is 0 Å². The summed E-state index contributed by atoms with van der Waals surface area (Å²) < 4.78 is 15.9. The average molecular weight is 315 g/mol. The number of aryl methyl sites for hydroxylation is 2. The molecule has 5 heteroatoms. The van der Waals surface area contributed by atoms with Crippen molar-refractivity contribution in [3.05, 3.63) is 47.5 Å². The third kappa shape index (κ3) is 4.64. The van der Waals surface area contributed by atoms with Crippen LogP contribution < -0.4 is 19.5 Å². The molecule has 1 N–H and O–H groups in total. The molecule has 122 valence electrons. The highest BCUT2D eigenvalue weighted by molar-refractivity contribution is 5.92. The van der Waals surface area contributed by atoms with E-state index in [1.165, 1.54) is 0 Å². The van der Waals surface area contributed by atoms with Gasteiger partial charge in [0.05, 0.1) is 14.2 Å². The minimum absolute atomic E-state index is 0.0660. The van der Waals surface area contributed by atoms with Crippen molar-refractivity contribution in [3.63, 3.8) is 0 Å². The maximum absolute atomic E-state index is 12.0. The first-order chi connectivity index (χ1) is 11.0. The van der Waals surface area contributed by atoms with Crippen LogP contribution in [0.2, 0.25) is 0 Å². The molecule has 0 aliphatic carbocycles. The van der Waals surface area contributed by atoms with E-state index in [9.17, 15) is 4.79 Å². The number of anilines is 1. The summed E-state index contributed by atoms with van der Waals surface area (Å²) in [5.74, 6) is 1.67. The quantitative estimate of drug-likeness (QED) is 0.888. The number of ether oxygens (including phenoxy) is 3. The molecule has 0 aromatic heterocycles. The van der Waals surface area contributed by atoms with Crippen molar-refractivity contribution in [2.45, 2.75) is 13.8 Å². The van der Waals surface area contributed by atoms with E-state index in [1.54, 1.807) is 32.4 Å². The maximum atomic E-state index is 12.0. The molecule has 1 amide bonds. The molecular formula is C18H21NO4. The molecule has 0 bridgehead atoms. The minimum atomic E-state index is -0.250. The Morgan fingerprint density at radius 3 is 2.22 bits per heavy atom. The van der Waals surface area contributed by atoms with Crippen LogP contribution in [-0.4, -0.2) is 26.7 Å². The third-order valence-electron chi connectivity index (χ3n) is 3.32. The van der Waals surface area contributed by atoms with Crippen molar-refractivity contribution in [2.75, 3.05) is 26.1 Å². The highest BCUT2D eigenvalue weighted by atomic mass is 16.5. The summed E-state index contributed by atoms with van der Waals surface area (Å²) in [5.41, 5.74) is 2.75. The summed E-state index contributed by atoms with van der Waals surface area (Å²) >= 11 is 0. The molecule has 0 unspecified atom stereocenters. The number of carbonyl (C=O) groups is 1. The molecule has 0 radical (unpaired) electrons. The fourth-order valence-corrected chi connectivity index (χ4v) is 2.18. The first-order valence-electron chi connectivity index (χ1n) is 7.25. The Bertz CT molecular complexity index is 675. The molecule has 2 rings (SSSR count). The Labute approximate surface area is 136 Å². The Balaban J connectivity index is 1.99. The number of methoxy groups -OCH3 is 2. The zero-order chi connectivity index (χ0) is 16.8. The lowest BCUT2D eigenvalue weighted by atomic mass is 10.1. The largest absolute Gasteiger partial charge is 0.497 e. The second-order valence-corrected chi connectivity index (χ2v) is 5.21. The van der Waals surface area contributed by atoms with Gasteiger partial charge >= 0.3 is 0 Å². The molecule has 5 nitrogen and oxygen atoms in total. The van der Waals surface area contributed by atoms with Crippen LogP contribution >= 0.6 is 0 Å². The van der Waals surface area contributed by atoms with E-state index in [-0.39, 0.29) is 12.5 Å². The first kappa shape index (κ1) is 16.7. The van der Waals surface area contributed by atoms with Gasteiger partial charge in [-0.15, -0.1) is 0 Å². The summed E-state index contributed by atoms with van der Waals surface area (Å²) in [6.07, 6.45) is 0. The van der Waals surface area contributed by atoms with Crippen LogP contribution in [0.5, 0.6) is 17.2 Å². The third-order valence-corrected chi connectivity index (χ3v) is 3.32. The number of hydrogen-bond acceptors (Lipinski definition) is 4. The molecule has 0 aliphatic heterocycles. The van der Waals surface area contributed by atoms with Gasteiger partial charge in [0.15, 0.2) is 6.61 Å². The van der Waals surface area contributed by atoms with Crippen LogP contribution in [0.1, 0.15) is 11.1 Å². The second kappa shape index (κ2) is 7.54. The van der Waals surface area contributed by atoms with E-state index in [0.29, 0.717) is 22.9 Å². The lowest BCUT2D eigenvalue weighted by molar-refractivity contribution is -0.118. The standard InChI is InChI=1S/C18H21NO4/c1-12-5-6-17(13(2)7-12)23-11-18(20)19-14-8-15(21-3)10-16(9-14)22-4/h5-10H,11H2,1-4H3,(H,19,20). The molecule has 0 heterocycles. The smallest absolute Gasteiger partial charge is 0.262 e. The van der Waals surface area contributed by atoms with Crippen LogP contribution in [0.25, 0.3) is 0 Å². The Morgan fingerprint density at radius 2 is 1.65 bits per heavy atom. The predicted molar refractivity (Wildman–Crippen MR) is 89.6 cm³/mol. The lowest BCUT2D eigenvalue weighted by Crippen LogP contribution is -2.20. The van der Waals surface area contributed by atoms with Gasteiger partial charge in [-0.25, -0.2) is 0 Å². The molecule has 2 aromatic carbocycles. The normalized spacial score (nSPS) is 10.1. The van der Waals surface area contributed by atoms with Crippen molar-refractivity contribution in [1.82, 2.24) is 0 Å². The summed E-state index contributed by atoms with van der Waals surface area (Å²) in [6.45, 7) is 3.90. The lowest BCUT2D eigenvalue weighted by Gasteiger charge is -2.12. The molecule has 0 atom stereocenters. The van der Waals surface area contributed by atoms with Crippen molar-refractivity contribution in [2.24, 2.45) is 0 Å². The molecule has 0 fully saturated rings. The highest BCUT2D eigenvalue weighted by Crippen LogP contribution is 2.25. The minimum Gasteiger partial charge on any atom is -0.497 e. The molecule has 0 spiro atoms. The van der Waals surface area contributed by atoms with Crippen molar-refractivity contribution in [3.8, 4) is 17.2 Å². The maximum Gasteiger partial charge on any atom is 0.262 e. The van der Waals surface area contributed by atoms with Gasteiger partial charge in [-0.05, 0) is 25.5 Å². The van der Waals surface area contributed by atoms with Gasteiger partial charge < -0.3 is 19.5 Å². The van der Waals surface area contributed by atoms with Gasteiger partial charge in [-0.3, -0.25) is 4.79 Å². The summed E-state index contributed by atoms with van der Waals surface area (Å²) in [4.78, 5) is 12.0. The Kier molecular flexibility index (Phi) is 5.46. The zero-order valence-corrected chi connectivity index (χ0v) is 13.8. The predicted octanol–water partition coefficient (Wildman–Crippen LogP) is 3.34. The first-order valence-corrected chi connectivity index (χ1v) is 7.25. The zero-order valence-electron chi connectivity index (χ0n) is 13.8. The number of carbonyl (C=O) groups excluding carboxylic acids is 1. The molecule has 0 saturated carbocycles. The van der Waals surface area contributed by atoms with E-state index in [1.807, 2.05) is 32.0 Å². The van der Waals surface area contributed by atoms with E-state index in [4.69, 9.17) is 14.2 Å². The van der Waals surface area contributed by atoms with Crippen LogP contribution in [0.4, 0.5) is 5.69 Å². The molecule has 2 aromatic rings. The van der Waals surface area contributed by atoms with Crippen LogP contribution in [-0.2, 0) is 4.79 Å². The number of amides is 1. The van der Waals surface area contributed by atoms with Gasteiger partial charge in [0.25, 0.3) is 5.91 Å². The van der Waals surface area contributed by atoms with Crippen LogP contribution in [0, 0.1) is 13.8 Å². The summed E-state index contributed by atoms with van der Waals surface area (Å²) in [5, 5.41) is 2.77. The van der Waals surface area contributed by atoms with E-state index >= 15 is 0 Å². The Morgan fingerprint density at radius 1 is 1.00 bits per heavy atom. The average Bonchev–Trinajstić information content (AvgIpc) is 2.53. The Hall–Kier alpha value is -2.69. The number of nitrogens with one attached hydrogen (secondary N) is 1. The van der Waals surface area contributed by atoms with Crippen molar-refractivity contribution < 1.29 is 19.0 Å². The SMILES string of the molecule is COc1cc(NC(=O)COc2ccc(C)cc2C)cc(OC)c1. The summed E-state index contributed by atoms with van der Waals surface area (Å²) in [6, 6.07) is 11.0. The van der Waals surface area contributed by atoms with Crippen LogP contribution in [0.15, 0.2) is 36.4 Å². The topological polar surface area (TPSA) is 56.8 Å². The molecule has 0 aliphatic rings. The fourth-order valence-electron chi connectivity index (χ4n) is 2.18. The monoisotopic (exact) mass is 315 g/mol. The number of rotatable bonds is 6.